The van der Waals surface area contributed by atoms with Crippen molar-refractivity contribution in [2.75, 3.05) is 6.79 Å². The van der Waals surface area contributed by atoms with Crippen molar-refractivity contribution in [3.8, 4) is 22.8 Å². The number of aromatic nitrogens is 1. The third kappa shape index (κ3) is 3.48. The van der Waals surface area contributed by atoms with Crippen LogP contribution in [0.3, 0.4) is 0 Å². The molecule has 27 heavy (non-hydrogen) atoms. The molecule has 0 spiro atoms. The average molecular weight is 388 g/mol. The van der Waals surface area contributed by atoms with Gasteiger partial charge in [-0.25, -0.2) is 13.8 Å². The second kappa shape index (κ2) is 6.96. The Morgan fingerprint density at radius 3 is 2.74 bits per heavy atom. The number of nitrogens with one attached hydrogen (secondary N) is 1. The van der Waals surface area contributed by atoms with Gasteiger partial charge in [0.1, 0.15) is 11.0 Å². The second-order valence-corrected chi connectivity index (χ2v) is 6.84. The van der Waals surface area contributed by atoms with Crippen LogP contribution in [-0.2, 0) is 4.79 Å². The summed E-state index contributed by atoms with van der Waals surface area (Å²) in [5, 5.41) is 5.13. The van der Waals surface area contributed by atoms with Gasteiger partial charge in [0.25, 0.3) is 0 Å². The van der Waals surface area contributed by atoms with Crippen LogP contribution in [0.4, 0.5) is 8.78 Å². The number of hydrogen-bond acceptors (Lipinski definition) is 5. The van der Waals surface area contributed by atoms with Crippen LogP contribution in [0.2, 0.25) is 0 Å². The van der Waals surface area contributed by atoms with Gasteiger partial charge in [0, 0.05) is 17.9 Å². The molecule has 1 aliphatic heterocycles. The fourth-order valence-corrected chi connectivity index (χ4v) is 3.69. The quantitative estimate of drug-likeness (QED) is 0.733. The molecular weight excluding hydrogens is 374 g/mol. The van der Waals surface area contributed by atoms with Crippen LogP contribution in [0.5, 0.6) is 11.5 Å². The maximum Gasteiger partial charge on any atom is 0.231 e. The van der Waals surface area contributed by atoms with E-state index >= 15 is 0 Å². The lowest BCUT2D eigenvalue weighted by molar-refractivity contribution is -0.119. The summed E-state index contributed by atoms with van der Waals surface area (Å²) in [5.74, 6) is -0.909. The molecule has 0 fully saturated rings. The molecule has 4 rings (SSSR count). The zero-order valence-corrected chi connectivity index (χ0v) is 15.0. The maximum absolute atomic E-state index is 13.7. The summed E-state index contributed by atoms with van der Waals surface area (Å²) in [7, 11) is 0. The lowest BCUT2D eigenvalue weighted by Gasteiger charge is -2.16. The minimum Gasteiger partial charge on any atom is -0.454 e. The van der Waals surface area contributed by atoms with Crippen molar-refractivity contribution in [1.29, 1.82) is 0 Å². The summed E-state index contributed by atoms with van der Waals surface area (Å²) in [6, 6.07) is 8.34. The van der Waals surface area contributed by atoms with Gasteiger partial charge in [-0.05, 0) is 35.9 Å². The van der Waals surface area contributed by atoms with E-state index in [1.165, 1.54) is 24.3 Å². The summed E-state index contributed by atoms with van der Waals surface area (Å²) in [5.41, 5.74) is 1.93. The van der Waals surface area contributed by atoms with Crippen molar-refractivity contribution in [3.05, 3.63) is 64.0 Å². The van der Waals surface area contributed by atoms with E-state index in [4.69, 9.17) is 9.47 Å². The Balaban J connectivity index is 1.69. The van der Waals surface area contributed by atoms with Crippen LogP contribution < -0.4 is 14.8 Å². The molecule has 1 atom stereocenters. The summed E-state index contributed by atoms with van der Waals surface area (Å²) in [6.07, 6.45) is 0. The minimum atomic E-state index is -0.976. The lowest BCUT2D eigenvalue weighted by atomic mass is 10.1. The van der Waals surface area contributed by atoms with E-state index in [-0.39, 0.29) is 12.7 Å². The first-order valence-electron chi connectivity index (χ1n) is 8.09. The number of halogens is 2. The van der Waals surface area contributed by atoms with Crippen molar-refractivity contribution in [2.24, 2.45) is 0 Å². The summed E-state index contributed by atoms with van der Waals surface area (Å²) >= 11 is 1.32. The third-order valence-corrected chi connectivity index (χ3v) is 4.97. The highest BCUT2D eigenvalue weighted by Gasteiger charge is 2.22. The van der Waals surface area contributed by atoms with Crippen LogP contribution in [-0.4, -0.2) is 17.7 Å². The minimum absolute atomic E-state index is 0.182. The van der Waals surface area contributed by atoms with Crippen molar-refractivity contribution in [3.63, 3.8) is 0 Å². The molecule has 5 nitrogen and oxygen atoms in total. The first kappa shape index (κ1) is 17.4. The average Bonchev–Trinajstić information content (AvgIpc) is 3.30. The predicted molar refractivity (Wildman–Crippen MR) is 95.7 cm³/mol. The topological polar surface area (TPSA) is 60.5 Å². The number of carbonyl (C=O) groups is 1. The molecule has 1 amide bonds. The zero-order chi connectivity index (χ0) is 19.0. The molecule has 2 aromatic carbocycles. The first-order chi connectivity index (χ1) is 13.0. The maximum atomic E-state index is 13.7. The van der Waals surface area contributed by atoms with Crippen LogP contribution in [0.25, 0.3) is 11.3 Å². The second-order valence-electron chi connectivity index (χ2n) is 5.95. The Bertz CT molecular complexity index is 1020. The van der Waals surface area contributed by atoms with Gasteiger partial charge in [-0.15, -0.1) is 11.3 Å². The van der Waals surface area contributed by atoms with E-state index in [9.17, 15) is 13.6 Å². The molecule has 1 aromatic heterocycles. The van der Waals surface area contributed by atoms with E-state index in [1.807, 2.05) is 17.5 Å². The molecule has 1 unspecified atom stereocenters. The number of amides is 1. The van der Waals surface area contributed by atoms with Crippen LogP contribution in [0.1, 0.15) is 23.5 Å². The Morgan fingerprint density at radius 2 is 1.96 bits per heavy atom. The number of rotatable bonds is 4. The number of hydrogen-bond donors (Lipinski definition) is 1. The van der Waals surface area contributed by atoms with E-state index in [1.54, 1.807) is 6.07 Å². The van der Waals surface area contributed by atoms with E-state index in [0.717, 1.165) is 17.7 Å². The molecule has 0 saturated heterocycles. The number of thiazole rings is 1. The van der Waals surface area contributed by atoms with Crippen molar-refractivity contribution >= 4 is 17.2 Å². The molecule has 3 aromatic rings. The van der Waals surface area contributed by atoms with Crippen molar-refractivity contribution in [1.82, 2.24) is 10.3 Å². The van der Waals surface area contributed by atoms with Crippen LogP contribution >= 0.6 is 11.3 Å². The van der Waals surface area contributed by atoms with Gasteiger partial charge < -0.3 is 14.8 Å². The number of ether oxygens (including phenoxy) is 2. The van der Waals surface area contributed by atoms with E-state index < -0.39 is 17.7 Å². The van der Waals surface area contributed by atoms with Gasteiger partial charge in [-0.3, -0.25) is 4.79 Å². The Morgan fingerprint density at radius 1 is 1.15 bits per heavy atom. The molecule has 2 heterocycles. The predicted octanol–water partition coefficient (Wildman–Crippen LogP) is 4.04. The fraction of sp³-hybridized carbons (Fsp3) is 0.158. The fourth-order valence-electron chi connectivity index (χ4n) is 2.79. The Hall–Kier alpha value is -3.00. The van der Waals surface area contributed by atoms with E-state index in [2.05, 4.69) is 10.3 Å². The molecule has 0 aliphatic carbocycles. The van der Waals surface area contributed by atoms with Crippen molar-refractivity contribution in [2.45, 2.75) is 13.0 Å². The molecule has 1 N–H and O–H groups in total. The molecule has 138 valence electrons. The Labute approximate surface area is 157 Å². The summed E-state index contributed by atoms with van der Waals surface area (Å²) in [4.78, 5) is 16.2. The van der Waals surface area contributed by atoms with Gasteiger partial charge in [-0.1, -0.05) is 6.07 Å². The van der Waals surface area contributed by atoms with Crippen LogP contribution in [0, 0.1) is 11.6 Å². The zero-order valence-electron chi connectivity index (χ0n) is 14.2. The highest BCUT2D eigenvalue weighted by Crippen LogP contribution is 2.37. The molecule has 0 radical (unpaired) electrons. The highest BCUT2D eigenvalue weighted by molar-refractivity contribution is 7.10. The monoisotopic (exact) mass is 388 g/mol. The standard InChI is InChI=1S/C19H14F2N2O3S/c1-10(24)22-18(12-2-4-13(20)14(21)6-12)19-23-15(8-27-19)11-3-5-16-17(7-11)26-9-25-16/h2-8,18H,9H2,1H3,(H,22,24). The molecule has 8 heteroatoms. The smallest absolute Gasteiger partial charge is 0.231 e. The third-order valence-electron chi connectivity index (χ3n) is 4.06. The summed E-state index contributed by atoms with van der Waals surface area (Å²) in [6.45, 7) is 1.54. The SMILES string of the molecule is CC(=O)NC(c1ccc(F)c(F)c1)c1nc(-c2ccc3c(c2)OCO3)cs1. The molecule has 0 saturated carbocycles. The van der Waals surface area contributed by atoms with Crippen LogP contribution in [0.15, 0.2) is 41.8 Å². The highest BCUT2D eigenvalue weighted by atomic mass is 32.1. The molecule has 0 bridgehead atoms. The normalized spacial score (nSPS) is 13.4. The Kier molecular flexibility index (Phi) is 4.49. The van der Waals surface area contributed by atoms with Gasteiger partial charge in [0.05, 0.1) is 5.69 Å². The largest absolute Gasteiger partial charge is 0.454 e. The van der Waals surface area contributed by atoms with E-state index in [0.29, 0.717) is 27.8 Å². The first-order valence-corrected chi connectivity index (χ1v) is 8.97. The number of fused-ring (bicyclic) bond motifs is 1. The van der Waals surface area contributed by atoms with Gasteiger partial charge >= 0.3 is 0 Å². The molecule has 1 aliphatic rings. The number of carbonyl (C=O) groups excluding carboxylic acids is 1. The molecular formula is C19H14F2N2O3S. The van der Waals surface area contributed by atoms with Crippen molar-refractivity contribution < 1.29 is 23.0 Å². The summed E-state index contributed by atoms with van der Waals surface area (Å²) < 4.78 is 37.6. The number of benzene rings is 2. The van der Waals surface area contributed by atoms with Gasteiger partial charge in [-0.2, -0.15) is 0 Å². The van der Waals surface area contributed by atoms with Gasteiger partial charge in [0.2, 0.25) is 12.7 Å². The lowest BCUT2D eigenvalue weighted by Crippen LogP contribution is -2.27. The number of nitrogens with zero attached hydrogens (tertiary/aromatic N) is 1. The van der Waals surface area contributed by atoms with Gasteiger partial charge in [0.15, 0.2) is 23.1 Å².